The predicted molar refractivity (Wildman–Crippen MR) is 77.6 cm³/mol. The molecule has 0 aliphatic carbocycles. The van der Waals surface area contributed by atoms with E-state index in [1.807, 2.05) is 13.8 Å². The van der Waals surface area contributed by atoms with Crippen LogP contribution in [0.5, 0.6) is 0 Å². The molecule has 0 spiro atoms. The number of nitrogens with zero attached hydrogens (tertiary/aromatic N) is 1. The van der Waals surface area contributed by atoms with E-state index in [4.69, 9.17) is 4.42 Å². The summed E-state index contributed by atoms with van der Waals surface area (Å²) in [6.45, 7) is 4.33. The van der Waals surface area contributed by atoms with Crippen molar-refractivity contribution in [2.75, 3.05) is 6.54 Å². The minimum Gasteiger partial charge on any atom is -0.462 e. The summed E-state index contributed by atoms with van der Waals surface area (Å²) in [5, 5.41) is 14.8. The zero-order valence-electron chi connectivity index (χ0n) is 11.5. The number of aliphatic hydroxyl groups excluding tert-OH is 1. The van der Waals surface area contributed by atoms with Crippen LogP contribution < -0.4 is 5.32 Å². The van der Waals surface area contributed by atoms with Crippen molar-refractivity contribution >= 4 is 17.2 Å². The Balaban J connectivity index is 1.87. The second kappa shape index (κ2) is 6.67. The Hall–Kier alpha value is -1.66. The fraction of sp³-hybridized carbons (Fsp3) is 0.429. The molecule has 2 rings (SSSR count). The summed E-state index contributed by atoms with van der Waals surface area (Å²) >= 11 is 1.37. The first-order chi connectivity index (χ1) is 9.58. The molecule has 2 N–H and O–H groups in total. The number of thiazole rings is 1. The van der Waals surface area contributed by atoms with E-state index in [0.29, 0.717) is 29.4 Å². The highest BCUT2D eigenvalue weighted by Crippen LogP contribution is 2.23. The molecule has 0 aromatic carbocycles. The van der Waals surface area contributed by atoms with Crippen LogP contribution in [0.15, 0.2) is 28.2 Å². The molecule has 0 radical (unpaired) electrons. The third-order valence-electron chi connectivity index (χ3n) is 2.96. The molecule has 5 nitrogen and oxygen atoms in total. The van der Waals surface area contributed by atoms with Crippen molar-refractivity contribution in [1.82, 2.24) is 10.3 Å². The Bertz CT molecular complexity index is 549. The van der Waals surface area contributed by atoms with Gasteiger partial charge in [0.15, 0.2) is 10.8 Å². The molecule has 2 aromatic rings. The normalized spacial score (nSPS) is 12.6. The topological polar surface area (TPSA) is 75.4 Å². The van der Waals surface area contributed by atoms with Crippen LogP contribution in [0.4, 0.5) is 0 Å². The molecule has 2 heterocycles. The van der Waals surface area contributed by atoms with Gasteiger partial charge in [0, 0.05) is 11.9 Å². The van der Waals surface area contributed by atoms with Crippen molar-refractivity contribution < 1.29 is 14.3 Å². The van der Waals surface area contributed by atoms with Crippen molar-refractivity contribution in [2.24, 2.45) is 5.92 Å². The summed E-state index contributed by atoms with van der Waals surface area (Å²) in [5.41, 5.74) is 0.375. The van der Waals surface area contributed by atoms with Crippen molar-refractivity contribution in [2.45, 2.75) is 26.4 Å². The first-order valence-corrected chi connectivity index (χ1v) is 7.41. The Kier molecular flexibility index (Phi) is 4.92. The molecule has 0 aliphatic heterocycles. The molecule has 0 bridgehead atoms. The number of hydrogen-bond acceptors (Lipinski definition) is 5. The van der Waals surface area contributed by atoms with Gasteiger partial charge in [-0.1, -0.05) is 13.8 Å². The van der Waals surface area contributed by atoms with Gasteiger partial charge in [-0.25, -0.2) is 4.98 Å². The van der Waals surface area contributed by atoms with Crippen molar-refractivity contribution in [3.05, 3.63) is 29.5 Å². The largest absolute Gasteiger partial charge is 0.462 e. The van der Waals surface area contributed by atoms with E-state index in [1.165, 1.54) is 11.3 Å². The summed E-state index contributed by atoms with van der Waals surface area (Å²) < 4.78 is 5.23. The lowest BCUT2D eigenvalue weighted by Gasteiger charge is -2.13. The van der Waals surface area contributed by atoms with Gasteiger partial charge in [0.25, 0.3) is 5.91 Å². The molecule has 108 valence electrons. The molecule has 1 unspecified atom stereocenters. The first-order valence-electron chi connectivity index (χ1n) is 6.53. The van der Waals surface area contributed by atoms with Crippen molar-refractivity contribution in [3.63, 3.8) is 0 Å². The van der Waals surface area contributed by atoms with Crippen molar-refractivity contribution in [3.8, 4) is 10.8 Å². The van der Waals surface area contributed by atoms with Crippen LogP contribution >= 0.6 is 11.3 Å². The van der Waals surface area contributed by atoms with E-state index in [9.17, 15) is 9.90 Å². The van der Waals surface area contributed by atoms with E-state index < -0.39 is 6.10 Å². The van der Waals surface area contributed by atoms with Gasteiger partial charge in [0.2, 0.25) is 0 Å². The number of aliphatic hydroxyl groups is 1. The zero-order valence-corrected chi connectivity index (χ0v) is 12.3. The Morgan fingerprint density at radius 1 is 1.55 bits per heavy atom. The maximum atomic E-state index is 11.9. The molecule has 0 fully saturated rings. The Morgan fingerprint density at radius 2 is 2.35 bits per heavy atom. The van der Waals surface area contributed by atoms with Gasteiger partial charge in [-0.05, 0) is 24.5 Å². The molecule has 6 heteroatoms. The number of rotatable bonds is 6. The quantitative estimate of drug-likeness (QED) is 0.858. The fourth-order valence-electron chi connectivity index (χ4n) is 1.65. The second-order valence-electron chi connectivity index (χ2n) is 4.87. The number of furan rings is 1. The van der Waals surface area contributed by atoms with E-state index in [1.54, 1.807) is 23.8 Å². The molecule has 20 heavy (non-hydrogen) atoms. The first kappa shape index (κ1) is 14.7. The van der Waals surface area contributed by atoms with Crippen LogP contribution in [0.2, 0.25) is 0 Å². The number of aromatic nitrogens is 1. The number of nitrogens with one attached hydrogen (secondary N) is 1. The zero-order chi connectivity index (χ0) is 14.5. The van der Waals surface area contributed by atoms with Crippen LogP contribution in [0.25, 0.3) is 10.8 Å². The van der Waals surface area contributed by atoms with Gasteiger partial charge in [0.1, 0.15) is 5.69 Å². The van der Waals surface area contributed by atoms with Crippen LogP contribution in [0.3, 0.4) is 0 Å². The maximum absolute atomic E-state index is 11.9. The predicted octanol–water partition coefficient (Wildman–Crippen LogP) is 2.54. The molecular formula is C14H18N2O3S. The fourth-order valence-corrected chi connectivity index (χ4v) is 2.42. The SMILES string of the molecule is CC(C)C(O)CCNC(=O)c1csc(-c2ccco2)n1. The Labute approximate surface area is 121 Å². The van der Waals surface area contributed by atoms with Gasteiger partial charge in [-0.15, -0.1) is 11.3 Å². The van der Waals surface area contributed by atoms with Gasteiger partial charge in [-0.3, -0.25) is 4.79 Å². The smallest absolute Gasteiger partial charge is 0.270 e. The lowest BCUT2D eigenvalue weighted by atomic mass is 10.0. The number of hydrogen-bond donors (Lipinski definition) is 2. The molecule has 0 aliphatic rings. The van der Waals surface area contributed by atoms with E-state index in [0.717, 1.165) is 0 Å². The second-order valence-corrected chi connectivity index (χ2v) is 5.73. The molecule has 0 saturated carbocycles. The lowest BCUT2D eigenvalue weighted by Crippen LogP contribution is -2.28. The highest BCUT2D eigenvalue weighted by atomic mass is 32.1. The van der Waals surface area contributed by atoms with Crippen LogP contribution in [0, 0.1) is 5.92 Å². The number of carbonyl (C=O) groups excluding carboxylic acids is 1. The summed E-state index contributed by atoms with van der Waals surface area (Å²) in [5.74, 6) is 0.621. The van der Waals surface area contributed by atoms with Gasteiger partial charge >= 0.3 is 0 Å². The van der Waals surface area contributed by atoms with E-state index in [-0.39, 0.29) is 11.8 Å². The monoisotopic (exact) mass is 294 g/mol. The highest BCUT2D eigenvalue weighted by Gasteiger charge is 2.14. The van der Waals surface area contributed by atoms with E-state index >= 15 is 0 Å². The summed E-state index contributed by atoms with van der Waals surface area (Å²) in [6, 6.07) is 3.59. The number of amides is 1. The van der Waals surface area contributed by atoms with Crippen LogP contribution in [-0.4, -0.2) is 28.6 Å². The Morgan fingerprint density at radius 3 is 3.00 bits per heavy atom. The van der Waals surface area contributed by atoms with Crippen LogP contribution in [0.1, 0.15) is 30.8 Å². The van der Waals surface area contributed by atoms with E-state index in [2.05, 4.69) is 10.3 Å². The third kappa shape index (κ3) is 3.68. The minimum atomic E-state index is -0.399. The van der Waals surface area contributed by atoms with Crippen LogP contribution in [-0.2, 0) is 0 Å². The molecule has 1 amide bonds. The summed E-state index contributed by atoms with van der Waals surface area (Å²) in [6.07, 6.45) is 1.71. The maximum Gasteiger partial charge on any atom is 0.270 e. The third-order valence-corrected chi connectivity index (χ3v) is 3.82. The lowest BCUT2D eigenvalue weighted by molar-refractivity contribution is 0.0916. The minimum absolute atomic E-state index is 0.191. The van der Waals surface area contributed by atoms with Gasteiger partial charge in [0.05, 0.1) is 12.4 Å². The van der Waals surface area contributed by atoms with Crippen molar-refractivity contribution in [1.29, 1.82) is 0 Å². The standard InChI is InChI=1S/C14H18N2O3S/c1-9(2)11(17)5-6-15-13(18)10-8-20-14(16-10)12-4-3-7-19-12/h3-4,7-9,11,17H,5-6H2,1-2H3,(H,15,18). The average molecular weight is 294 g/mol. The van der Waals surface area contributed by atoms with Gasteiger partial charge in [-0.2, -0.15) is 0 Å². The average Bonchev–Trinajstić information content (AvgIpc) is 3.08. The molecule has 0 saturated heterocycles. The highest BCUT2D eigenvalue weighted by molar-refractivity contribution is 7.13. The van der Waals surface area contributed by atoms with Gasteiger partial charge < -0.3 is 14.8 Å². The number of carbonyl (C=O) groups is 1. The molecule has 1 atom stereocenters. The molecule has 2 aromatic heterocycles. The molecular weight excluding hydrogens is 276 g/mol. The summed E-state index contributed by atoms with van der Waals surface area (Å²) in [4.78, 5) is 16.1. The summed E-state index contributed by atoms with van der Waals surface area (Å²) in [7, 11) is 0.